The molecule has 0 bridgehead atoms. The summed E-state index contributed by atoms with van der Waals surface area (Å²) >= 11 is 3.97. The summed E-state index contributed by atoms with van der Waals surface area (Å²) in [6, 6.07) is 1.29. The van der Waals surface area contributed by atoms with Gasteiger partial charge in [0, 0.05) is 36.9 Å². The van der Waals surface area contributed by atoms with Crippen LogP contribution in [0, 0.1) is 17.0 Å². The molecule has 0 spiro atoms. The van der Waals surface area contributed by atoms with Crippen LogP contribution in [0.2, 0.25) is 0 Å². The average molecular weight is 548 g/mol. The molecule has 15 nitrogen and oxygen atoms in total. The third kappa shape index (κ3) is 5.81. The van der Waals surface area contributed by atoms with E-state index in [1.807, 2.05) is 0 Å². The Kier molecular flexibility index (Phi) is 7.87. The van der Waals surface area contributed by atoms with Crippen LogP contribution in [0.1, 0.15) is 30.9 Å². The summed E-state index contributed by atoms with van der Waals surface area (Å²) in [6.07, 6.45) is -1.30. The van der Waals surface area contributed by atoms with Crippen LogP contribution in [0.3, 0.4) is 0 Å². The van der Waals surface area contributed by atoms with Crippen molar-refractivity contribution in [3.8, 4) is 0 Å². The molecule has 7 atom stereocenters. The molecule has 0 aromatic carbocycles. The van der Waals surface area contributed by atoms with Gasteiger partial charge in [-0.3, -0.25) is 33.5 Å². The maximum atomic E-state index is 12.9. The summed E-state index contributed by atoms with van der Waals surface area (Å²) in [7, 11) is 0. The Labute approximate surface area is 208 Å². The van der Waals surface area contributed by atoms with Crippen LogP contribution >= 0.6 is 19.0 Å². The molecule has 2 aliphatic rings. The van der Waals surface area contributed by atoms with Gasteiger partial charge in [0.15, 0.2) is 0 Å². The predicted molar refractivity (Wildman–Crippen MR) is 125 cm³/mol. The number of aliphatic hydroxyl groups is 2. The molecule has 2 aliphatic heterocycles. The standard InChI is InChI=1S/C19H25N4O11PS/c1-10-6-22(19(27)20-18(10)26)17-4-12(25)15(33-17)9-31-35(30,36)34-13-5-16(32-14(13)8-24)21-3-2-11(7-21)23(28)29/h2-3,6-7,12-17,24-25H,4-5,8-9H2,1H3,(H,30,36)(H,20,26,27)/t12?,13?,14-,15-,16-,17-,35+/m1/s1. The third-order valence-electron chi connectivity index (χ3n) is 5.93. The van der Waals surface area contributed by atoms with E-state index >= 15 is 0 Å². The van der Waals surface area contributed by atoms with E-state index in [1.54, 1.807) is 0 Å². The number of hydrogen-bond donors (Lipinski definition) is 4. The molecule has 0 amide bonds. The number of aromatic amines is 1. The fourth-order valence-corrected chi connectivity index (χ4v) is 5.58. The van der Waals surface area contributed by atoms with Gasteiger partial charge in [0.1, 0.15) is 30.8 Å². The number of ether oxygens (including phenoxy) is 2. The van der Waals surface area contributed by atoms with Gasteiger partial charge in [-0.1, -0.05) is 12.2 Å². The number of rotatable bonds is 9. The Morgan fingerprint density at radius 3 is 2.67 bits per heavy atom. The highest BCUT2D eigenvalue weighted by Gasteiger charge is 2.42. The first-order chi connectivity index (χ1) is 17.0. The number of aromatic nitrogens is 3. The zero-order valence-corrected chi connectivity index (χ0v) is 20.7. The predicted octanol–water partition coefficient (Wildman–Crippen LogP) is 0.623. The molecule has 36 heavy (non-hydrogen) atoms. The monoisotopic (exact) mass is 548 g/mol. The minimum Gasteiger partial charge on any atom is -0.394 e. The molecule has 3 N–H and O–H groups in total. The maximum Gasteiger partial charge on any atom is 0.386 e. The largest absolute Gasteiger partial charge is 0.394 e. The van der Waals surface area contributed by atoms with E-state index in [0.717, 1.165) is 4.57 Å². The Balaban J connectivity index is 1.36. The van der Waals surface area contributed by atoms with E-state index in [2.05, 4.69) is 17.2 Å². The minimum absolute atomic E-state index is 0.0187. The van der Waals surface area contributed by atoms with Gasteiger partial charge in [0.25, 0.3) is 11.2 Å². The van der Waals surface area contributed by atoms with Gasteiger partial charge in [0.05, 0.1) is 30.4 Å². The fourth-order valence-electron chi connectivity index (χ4n) is 4.05. The summed E-state index contributed by atoms with van der Waals surface area (Å²) in [4.78, 5) is 36.2. The van der Waals surface area contributed by atoms with E-state index in [4.69, 9.17) is 18.5 Å². The number of thiol groups is 1. The van der Waals surface area contributed by atoms with E-state index in [9.17, 15) is 34.5 Å². The highest BCUT2D eigenvalue weighted by atomic mass is 32.7. The number of nitrogens with zero attached hydrogens (tertiary/aromatic N) is 3. The van der Waals surface area contributed by atoms with Crippen molar-refractivity contribution in [2.75, 3.05) is 13.2 Å². The molecule has 0 aliphatic carbocycles. The van der Waals surface area contributed by atoms with E-state index in [0.29, 0.717) is 0 Å². The van der Waals surface area contributed by atoms with E-state index in [1.165, 1.54) is 36.1 Å². The van der Waals surface area contributed by atoms with Crippen LogP contribution in [0.25, 0.3) is 0 Å². The second-order valence-corrected chi connectivity index (χ2v) is 11.3. The van der Waals surface area contributed by atoms with Crippen molar-refractivity contribution in [2.45, 2.75) is 56.6 Å². The fraction of sp³-hybridized carbons (Fsp3) is 0.579. The quantitative estimate of drug-likeness (QED) is 0.148. The van der Waals surface area contributed by atoms with Gasteiger partial charge in [-0.15, -0.1) is 0 Å². The van der Waals surface area contributed by atoms with Crippen molar-refractivity contribution in [2.24, 2.45) is 0 Å². The Morgan fingerprint density at radius 1 is 1.28 bits per heavy atom. The zero-order chi connectivity index (χ0) is 26.2. The summed E-state index contributed by atoms with van der Waals surface area (Å²) < 4.78 is 37.6. The summed E-state index contributed by atoms with van der Waals surface area (Å²) in [6.45, 7) is -3.38. The van der Waals surface area contributed by atoms with E-state index < -0.39 is 66.4 Å². The lowest BCUT2D eigenvalue weighted by Crippen LogP contribution is -2.33. The molecular weight excluding hydrogens is 523 g/mol. The van der Waals surface area contributed by atoms with Gasteiger partial charge in [-0.2, -0.15) is 0 Å². The lowest BCUT2D eigenvalue weighted by atomic mass is 10.2. The number of hydrogen-bond acceptors (Lipinski definition) is 11. The topological polar surface area (TPSA) is 197 Å². The molecule has 2 aromatic rings. The highest BCUT2D eigenvalue weighted by molar-refractivity contribution is 8.44. The smallest absolute Gasteiger partial charge is 0.386 e. The molecular formula is C19H25N4O11PS. The molecule has 2 fully saturated rings. The first kappa shape index (κ1) is 26.8. The van der Waals surface area contributed by atoms with Crippen LogP contribution in [0.5, 0.6) is 0 Å². The average Bonchev–Trinajstić information content (AvgIpc) is 3.53. The second kappa shape index (κ2) is 10.6. The van der Waals surface area contributed by atoms with Crippen molar-refractivity contribution in [3.63, 3.8) is 0 Å². The molecule has 2 unspecified atom stereocenters. The molecule has 4 rings (SSSR count). The van der Waals surface area contributed by atoms with Crippen molar-refractivity contribution < 1.29 is 38.2 Å². The summed E-state index contributed by atoms with van der Waals surface area (Å²) in [5, 5.41) is 30.9. The van der Waals surface area contributed by atoms with Gasteiger partial charge in [-0.25, -0.2) is 9.36 Å². The van der Waals surface area contributed by atoms with E-state index in [-0.39, 0.29) is 30.7 Å². The zero-order valence-electron chi connectivity index (χ0n) is 18.9. The Morgan fingerprint density at radius 2 is 2.00 bits per heavy atom. The lowest BCUT2D eigenvalue weighted by Gasteiger charge is -2.22. The van der Waals surface area contributed by atoms with Gasteiger partial charge in [-0.05, 0) is 6.92 Å². The molecule has 2 aromatic heterocycles. The Bertz CT molecular complexity index is 1280. The molecule has 0 radical (unpaired) electrons. The SMILES string of the molecule is Cc1cn([C@H]2CC(O)[C@@H](CO[P@](=O)(S)OC3C[C@H](n4ccc([N+](=O)[O-])c4)O[C@@H]3CO)O2)c(=O)[nH]c1=O. The molecule has 2 saturated heterocycles. The Hall–Kier alpha value is -2.30. The molecule has 17 heteroatoms. The number of nitrogens with one attached hydrogen (secondary N) is 1. The van der Waals surface area contributed by atoms with Crippen molar-refractivity contribution in [1.29, 1.82) is 0 Å². The third-order valence-corrected chi connectivity index (χ3v) is 7.58. The van der Waals surface area contributed by atoms with Crippen LogP contribution in [-0.4, -0.2) is 66.9 Å². The molecule has 0 saturated carbocycles. The normalized spacial score (nSPS) is 29.9. The van der Waals surface area contributed by atoms with Crippen LogP contribution < -0.4 is 11.2 Å². The maximum absolute atomic E-state index is 12.9. The number of aryl methyl sites for hydroxylation is 1. The number of aliphatic hydroxyl groups excluding tert-OH is 2. The molecule has 4 heterocycles. The second-order valence-electron chi connectivity index (χ2n) is 8.44. The minimum atomic E-state index is -4.04. The summed E-state index contributed by atoms with van der Waals surface area (Å²) in [5.41, 5.74) is -1.09. The first-order valence-electron chi connectivity index (χ1n) is 10.9. The first-order valence-corrected chi connectivity index (χ1v) is 13.6. The molecule has 198 valence electrons. The number of nitro groups is 1. The van der Waals surface area contributed by atoms with Crippen molar-refractivity contribution in [3.05, 3.63) is 61.2 Å². The van der Waals surface area contributed by atoms with Crippen LogP contribution in [-0.2, 0) is 23.1 Å². The summed E-state index contributed by atoms with van der Waals surface area (Å²) in [5.74, 6) is 0. The number of H-pyrrole nitrogens is 1. The highest BCUT2D eigenvalue weighted by Crippen LogP contribution is 2.56. The lowest BCUT2D eigenvalue weighted by molar-refractivity contribution is -0.384. The van der Waals surface area contributed by atoms with Crippen molar-refractivity contribution in [1.82, 2.24) is 14.1 Å². The van der Waals surface area contributed by atoms with Crippen molar-refractivity contribution >= 4 is 24.7 Å². The van der Waals surface area contributed by atoms with Gasteiger partial charge in [0.2, 0.25) is 0 Å². The van der Waals surface area contributed by atoms with Gasteiger partial charge >= 0.3 is 12.5 Å². The van der Waals surface area contributed by atoms with Gasteiger partial charge < -0.3 is 24.3 Å². The van der Waals surface area contributed by atoms with Crippen LogP contribution in [0.15, 0.2) is 34.2 Å². The van der Waals surface area contributed by atoms with Crippen LogP contribution in [0.4, 0.5) is 5.69 Å².